The minimum absolute atomic E-state index is 0.0648. The Morgan fingerprint density at radius 2 is 2.24 bits per heavy atom. The van der Waals surface area contributed by atoms with Gasteiger partial charge in [-0.1, -0.05) is 13.0 Å². The first-order chi connectivity index (χ1) is 9.95. The fourth-order valence-electron chi connectivity index (χ4n) is 2.60. The van der Waals surface area contributed by atoms with Crippen molar-refractivity contribution < 1.29 is 19.7 Å². The lowest BCUT2D eigenvalue weighted by Gasteiger charge is -2.38. The van der Waals surface area contributed by atoms with Gasteiger partial charge in [0.15, 0.2) is 0 Å². The first kappa shape index (κ1) is 16.1. The average Bonchev–Trinajstić information content (AvgIpc) is 2.43. The van der Waals surface area contributed by atoms with Crippen LogP contribution in [0.2, 0.25) is 0 Å². The quantitative estimate of drug-likeness (QED) is 0.744. The highest BCUT2D eigenvalue weighted by Crippen LogP contribution is 2.41. The number of hydrogen-bond donors (Lipinski definition) is 3. The molecule has 21 heavy (non-hydrogen) atoms. The van der Waals surface area contributed by atoms with Gasteiger partial charge in [0, 0.05) is 24.1 Å². The van der Waals surface area contributed by atoms with Gasteiger partial charge in [-0.25, -0.2) is 0 Å². The maximum Gasteiger partial charge on any atom is 0.128 e. The molecule has 0 saturated heterocycles. The van der Waals surface area contributed by atoms with E-state index in [4.69, 9.17) is 14.6 Å². The van der Waals surface area contributed by atoms with Gasteiger partial charge in [-0.15, -0.1) is 0 Å². The van der Waals surface area contributed by atoms with Crippen molar-refractivity contribution in [1.82, 2.24) is 5.32 Å². The van der Waals surface area contributed by atoms with Crippen molar-refractivity contribution in [3.05, 3.63) is 23.8 Å². The number of nitrogens with one attached hydrogen (secondary N) is 1. The Hall–Kier alpha value is -1.30. The molecular weight excluding hydrogens is 270 g/mol. The summed E-state index contributed by atoms with van der Waals surface area (Å²) >= 11 is 0. The molecule has 1 heterocycles. The molecule has 5 nitrogen and oxygen atoms in total. The molecule has 0 radical (unpaired) electrons. The van der Waals surface area contributed by atoms with Crippen molar-refractivity contribution >= 4 is 0 Å². The minimum atomic E-state index is -0.868. The fourth-order valence-corrected chi connectivity index (χ4v) is 2.60. The van der Waals surface area contributed by atoms with Gasteiger partial charge in [-0.3, -0.25) is 0 Å². The second-order valence-corrected chi connectivity index (χ2v) is 6.02. The molecule has 1 aromatic rings. The molecule has 1 aromatic carbocycles. The van der Waals surface area contributed by atoms with Gasteiger partial charge >= 0.3 is 0 Å². The van der Waals surface area contributed by atoms with Crippen LogP contribution in [-0.4, -0.2) is 41.7 Å². The van der Waals surface area contributed by atoms with Crippen molar-refractivity contribution in [2.75, 3.05) is 19.8 Å². The van der Waals surface area contributed by atoms with Gasteiger partial charge in [-0.2, -0.15) is 0 Å². The van der Waals surface area contributed by atoms with Crippen LogP contribution in [0, 0.1) is 0 Å². The summed E-state index contributed by atoms with van der Waals surface area (Å²) in [4.78, 5) is 0. The van der Waals surface area contributed by atoms with Gasteiger partial charge in [-0.05, 0) is 26.5 Å². The SMILES string of the molecule is CCNC1CC(C)(C)Oc2cc(OCC(O)CO)ccc21. The highest BCUT2D eigenvalue weighted by molar-refractivity contribution is 5.44. The van der Waals surface area contributed by atoms with E-state index in [0.717, 1.165) is 24.3 Å². The van der Waals surface area contributed by atoms with E-state index in [0.29, 0.717) is 5.75 Å². The smallest absolute Gasteiger partial charge is 0.128 e. The number of aliphatic hydroxyl groups is 2. The summed E-state index contributed by atoms with van der Waals surface area (Å²) < 4.78 is 11.5. The van der Waals surface area contributed by atoms with E-state index in [9.17, 15) is 5.11 Å². The first-order valence-electron chi connectivity index (χ1n) is 7.43. The summed E-state index contributed by atoms with van der Waals surface area (Å²) in [5.41, 5.74) is 0.898. The van der Waals surface area contributed by atoms with Crippen molar-refractivity contribution in [2.45, 2.75) is 44.9 Å². The third kappa shape index (κ3) is 4.09. The lowest BCUT2D eigenvalue weighted by molar-refractivity contribution is 0.0518. The van der Waals surface area contributed by atoms with Crippen molar-refractivity contribution in [3.8, 4) is 11.5 Å². The van der Waals surface area contributed by atoms with Crippen LogP contribution in [0.25, 0.3) is 0 Å². The third-order valence-corrected chi connectivity index (χ3v) is 3.55. The zero-order valence-electron chi connectivity index (χ0n) is 12.9. The van der Waals surface area contributed by atoms with Gasteiger partial charge in [0.05, 0.1) is 6.61 Å². The van der Waals surface area contributed by atoms with Crippen molar-refractivity contribution in [1.29, 1.82) is 0 Å². The molecule has 0 saturated carbocycles. The molecule has 2 unspecified atom stereocenters. The van der Waals surface area contributed by atoms with Gasteiger partial charge < -0.3 is 25.0 Å². The Labute approximate surface area is 125 Å². The molecule has 118 valence electrons. The second kappa shape index (κ2) is 6.64. The Bertz CT molecular complexity index is 475. The van der Waals surface area contributed by atoms with Crippen LogP contribution in [0.3, 0.4) is 0 Å². The predicted octanol–water partition coefficient (Wildman–Crippen LogP) is 1.63. The second-order valence-electron chi connectivity index (χ2n) is 6.02. The molecule has 2 rings (SSSR count). The number of rotatable bonds is 6. The number of fused-ring (bicyclic) bond motifs is 1. The lowest BCUT2D eigenvalue weighted by atomic mass is 9.89. The van der Waals surface area contributed by atoms with E-state index in [-0.39, 0.29) is 24.9 Å². The van der Waals surface area contributed by atoms with Gasteiger partial charge in [0.1, 0.15) is 29.8 Å². The predicted molar refractivity (Wildman–Crippen MR) is 80.8 cm³/mol. The van der Waals surface area contributed by atoms with E-state index in [1.165, 1.54) is 0 Å². The number of aliphatic hydroxyl groups excluding tert-OH is 2. The van der Waals surface area contributed by atoms with Crippen molar-refractivity contribution in [3.63, 3.8) is 0 Å². The highest BCUT2D eigenvalue weighted by Gasteiger charge is 2.33. The molecule has 1 aliphatic rings. The molecular formula is C16H25NO4. The molecule has 0 aromatic heterocycles. The molecule has 1 aliphatic heterocycles. The summed E-state index contributed by atoms with van der Waals surface area (Å²) in [6, 6.07) is 5.99. The van der Waals surface area contributed by atoms with E-state index in [2.05, 4.69) is 26.1 Å². The molecule has 5 heteroatoms. The number of benzene rings is 1. The largest absolute Gasteiger partial charge is 0.491 e. The van der Waals surface area contributed by atoms with Crippen LogP contribution < -0.4 is 14.8 Å². The van der Waals surface area contributed by atoms with Crippen LogP contribution in [0.4, 0.5) is 0 Å². The molecule has 0 spiro atoms. The molecule has 2 atom stereocenters. The maximum absolute atomic E-state index is 9.34. The van der Waals surface area contributed by atoms with Crippen LogP contribution in [0.1, 0.15) is 38.8 Å². The molecule has 0 fully saturated rings. The summed E-state index contributed by atoms with van der Waals surface area (Å²) in [7, 11) is 0. The molecule has 3 N–H and O–H groups in total. The Morgan fingerprint density at radius 1 is 1.48 bits per heavy atom. The summed E-state index contributed by atoms with van der Waals surface area (Å²) in [6.07, 6.45) is 0.0463. The zero-order chi connectivity index (χ0) is 15.5. The Balaban J connectivity index is 2.17. The van der Waals surface area contributed by atoms with Crippen LogP contribution in [0.15, 0.2) is 18.2 Å². The first-order valence-corrected chi connectivity index (χ1v) is 7.43. The van der Waals surface area contributed by atoms with Crippen LogP contribution >= 0.6 is 0 Å². The topological polar surface area (TPSA) is 71.0 Å². The summed E-state index contributed by atoms with van der Waals surface area (Å²) in [6.45, 7) is 6.90. The van der Waals surface area contributed by atoms with E-state index >= 15 is 0 Å². The standard InChI is InChI=1S/C16H25NO4/c1-4-17-14-8-16(2,3)21-15-7-12(5-6-13(14)15)20-10-11(19)9-18/h5-7,11,14,17-19H,4,8-10H2,1-3H3. The van der Waals surface area contributed by atoms with Crippen LogP contribution in [0.5, 0.6) is 11.5 Å². The number of ether oxygens (including phenoxy) is 2. The minimum Gasteiger partial charge on any atom is -0.491 e. The van der Waals surface area contributed by atoms with E-state index in [1.54, 1.807) is 0 Å². The monoisotopic (exact) mass is 295 g/mol. The lowest BCUT2D eigenvalue weighted by Crippen LogP contribution is -2.39. The molecule has 0 bridgehead atoms. The normalized spacial score (nSPS) is 21.3. The van der Waals surface area contributed by atoms with Gasteiger partial charge in [0.2, 0.25) is 0 Å². The highest BCUT2D eigenvalue weighted by atomic mass is 16.5. The molecule has 0 amide bonds. The van der Waals surface area contributed by atoms with Crippen LogP contribution in [-0.2, 0) is 0 Å². The average molecular weight is 295 g/mol. The van der Waals surface area contributed by atoms with Gasteiger partial charge in [0.25, 0.3) is 0 Å². The Kier molecular flexibility index (Phi) is 5.08. The molecule has 0 aliphatic carbocycles. The summed E-state index contributed by atoms with van der Waals surface area (Å²) in [5, 5.41) is 21.6. The van der Waals surface area contributed by atoms with Crippen molar-refractivity contribution in [2.24, 2.45) is 0 Å². The fraction of sp³-hybridized carbons (Fsp3) is 0.625. The summed E-state index contributed by atoms with van der Waals surface area (Å²) in [5.74, 6) is 1.45. The number of hydrogen-bond acceptors (Lipinski definition) is 5. The zero-order valence-corrected chi connectivity index (χ0v) is 12.9. The van der Waals surface area contributed by atoms with E-state index < -0.39 is 6.10 Å². The van der Waals surface area contributed by atoms with E-state index in [1.807, 2.05) is 18.2 Å². The maximum atomic E-state index is 9.34. The third-order valence-electron chi connectivity index (χ3n) is 3.55. The Morgan fingerprint density at radius 3 is 2.90 bits per heavy atom.